The van der Waals surface area contributed by atoms with Gasteiger partial charge in [0, 0.05) is 13.2 Å². The minimum Gasteiger partial charge on any atom is -0.396 e. The van der Waals surface area contributed by atoms with E-state index in [-0.39, 0.29) is 6.61 Å². The third-order valence-electron chi connectivity index (χ3n) is 3.04. The molecule has 1 N–H and O–H groups in total. The lowest BCUT2D eigenvalue weighted by atomic mass is 9.92. The van der Waals surface area contributed by atoms with Crippen molar-refractivity contribution >= 4 is 0 Å². The van der Waals surface area contributed by atoms with E-state index >= 15 is 0 Å². The van der Waals surface area contributed by atoms with Crippen LogP contribution in [0, 0.1) is 0 Å². The molecule has 94 valence electrons. The molecule has 0 saturated heterocycles. The van der Waals surface area contributed by atoms with E-state index in [1.165, 1.54) is 5.56 Å². The van der Waals surface area contributed by atoms with Gasteiger partial charge in [0.1, 0.15) is 0 Å². The van der Waals surface area contributed by atoms with Gasteiger partial charge in [-0.1, -0.05) is 30.3 Å². The average molecular weight is 236 g/mol. The SMILES string of the molecule is OCCCO[C@H]1C[C@@H](OCc2ccccc2)C1. The van der Waals surface area contributed by atoms with E-state index in [1.54, 1.807) is 0 Å². The van der Waals surface area contributed by atoms with Crippen LogP contribution in [0.4, 0.5) is 0 Å². The van der Waals surface area contributed by atoms with Crippen molar-refractivity contribution in [3.05, 3.63) is 35.9 Å². The Balaban J connectivity index is 1.55. The number of hydrogen-bond donors (Lipinski definition) is 1. The van der Waals surface area contributed by atoms with Crippen LogP contribution in [0.15, 0.2) is 30.3 Å². The van der Waals surface area contributed by atoms with Crippen molar-refractivity contribution in [2.24, 2.45) is 0 Å². The summed E-state index contributed by atoms with van der Waals surface area (Å²) in [6.45, 7) is 1.56. The van der Waals surface area contributed by atoms with Crippen LogP contribution in [0.1, 0.15) is 24.8 Å². The normalized spacial score (nSPS) is 23.4. The lowest BCUT2D eigenvalue weighted by Crippen LogP contribution is -2.37. The fraction of sp³-hybridized carbons (Fsp3) is 0.571. The summed E-state index contributed by atoms with van der Waals surface area (Å²) >= 11 is 0. The highest BCUT2D eigenvalue weighted by Gasteiger charge is 2.30. The summed E-state index contributed by atoms with van der Waals surface area (Å²) in [5.74, 6) is 0. The predicted octanol–water partition coefficient (Wildman–Crippen LogP) is 2.13. The Labute approximate surface area is 102 Å². The van der Waals surface area contributed by atoms with E-state index in [0.717, 1.165) is 19.3 Å². The Bertz CT molecular complexity index is 307. The highest BCUT2D eigenvalue weighted by molar-refractivity contribution is 5.13. The van der Waals surface area contributed by atoms with E-state index < -0.39 is 0 Å². The number of aliphatic hydroxyl groups is 1. The Kier molecular flexibility index (Phi) is 4.98. The summed E-state index contributed by atoms with van der Waals surface area (Å²) in [4.78, 5) is 0. The molecule has 0 aliphatic heterocycles. The summed E-state index contributed by atoms with van der Waals surface area (Å²) in [5, 5.41) is 8.63. The molecule has 1 aliphatic carbocycles. The molecule has 0 heterocycles. The van der Waals surface area contributed by atoms with E-state index in [9.17, 15) is 0 Å². The van der Waals surface area contributed by atoms with Gasteiger partial charge >= 0.3 is 0 Å². The third-order valence-corrected chi connectivity index (χ3v) is 3.04. The summed E-state index contributed by atoms with van der Waals surface area (Å²) in [7, 11) is 0. The number of aliphatic hydroxyl groups excluding tert-OH is 1. The molecule has 2 rings (SSSR count). The molecule has 1 aromatic carbocycles. The van der Waals surface area contributed by atoms with Crippen LogP contribution in [0.25, 0.3) is 0 Å². The summed E-state index contributed by atoms with van der Waals surface area (Å²) in [6, 6.07) is 10.2. The first-order valence-electron chi connectivity index (χ1n) is 6.26. The van der Waals surface area contributed by atoms with Gasteiger partial charge in [-0.15, -0.1) is 0 Å². The minimum atomic E-state index is 0.209. The van der Waals surface area contributed by atoms with Crippen LogP contribution in [0.5, 0.6) is 0 Å². The zero-order valence-electron chi connectivity index (χ0n) is 10.0. The standard InChI is InChI=1S/C14H20O3/c15-7-4-8-16-13-9-14(10-13)17-11-12-5-2-1-3-6-12/h1-3,5-6,13-15H,4,7-11H2/t13-,14+. The third kappa shape index (κ3) is 4.11. The van der Waals surface area contributed by atoms with Crippen LogP contribution in [0.2, 0.25) is 0 Å². The van der Waals surface area contributed by atoms with Gasteiger partial charge in [0.15, 0.2) is 0 Å². The highest BCUT2D eigenvalue weighted by atomic mass is 16.5. The van der Waals surface area contributed by atoms with Crippen molar-refractivity contribution in [1.29, 1.82) is 0 Å². The zero-order valence-corrected chi connectivity index (χ0v) is 10.0. The number of hydrogen-bond acceptors (Lipinski definition) is 3. The fourth-order valence-electron chi connectivity index (χ4n) is 1.89. The molecule has 0 aromatic heterocycles. The van der Waals surface area contributed by atoms with E-state index in [2.05, 4.69) is 12.1 Å². The van der Waals surface area contributed by atoms with Gasteiger partial charge in [-0.25, -0.2) is 0 Å². The molecule has 17 heavy (non-hydrogen) atoms. The maximum Gasteiger partial charge on any atom is 0.0720 e. The maximum atomic E-state index is 8.63. The van der Waals surface area contributed by atoms with Gasteiger partial charge in [-0.3, -0.25) is 0 Å². The minimum absolute atomic E-state index is 0.209. The largest absolute Gasteiger partial charge is 0.396 e. The van der Waals surface area contributed by atoms with Crippen molar-refractivity contribution in [3.8, 4) is 0 Å². The summed E-state index contributed by atoms with van der Waals surface area (Å²) < 4.78 is 11.3. The number of ether oxygens (including phenoxy) is 2. The smallest absolute Gasteiger partial charge is 0.0720 e. The molecule has 0 amide bonds. The summed E-state index contributed by atoms with van der Waals surface area (Å²) in [5.41, 5.74) is 1.22. The molecule has 1 saturated carbocycles. The Morgan fingerprint density at radius 3 is 2.47 bits per heavy atom. The Morgan fingerprint density at radius 1 is 1.06 bits per heavy atom. The van der Waals surface area contributed by atoms with Gasteiger partial charge in [0.2, 0.25) is 0 Å². The van der Waals surface area contributed by atoms with Crippen LogP contribution < -0.4 is 0 Å². The van der Waals surface area contributed by atoms with Gasteiger partial charge < -0.3 is 14.6 Å². The van der Waals surface area contributed by atoms with E-state index in [0.29, 0.717) is 25.4 Å². The van der Waals surface area contributed by atoms with Gasteiger partial charge in [0.25, 0.3) is 0 Å². The average Bonchev–Trinajstić information content (AvgIpc) is 2.32. The molecular weight excluding hydrogens is 216 g/mol. The first kappa shape index (κ1) is 12.6. The second kappa shape index (κ2) is 6.74. The molecule has 1 aromatic rings. The Hall–Kier alpha value is -0.900. The van der Waals surface area contributed by atoms with Gasteiger partial charge in [-0.2, -0.15) is 0 Å². The molecule has 3 heteroatoms. The molecular formula is C14H20O3. The van der Waals surface area contributed by atoms with Crippen molar-refractivity contribution in [2.45, 2.75) is 38.1 Å². The van der Waals surface area contributed by atoms with E-state index in [4.69, 9.17) is 14.6 Å². The van der Waals surface area contributed by atoms with Crippen LogP contribution >= 0.6 is 0 Å². The monoisotopic (exact) mass is 236 g/mol. The second-order valence-corrected chi connectivity index (χ2v) is 4.46. The molecule has 3 nitrogen and oxygen atoms in total. The topological polar surface area (TPSA) is 38.7 Å². The van der Waals surface area contributed by atoms with Gasteiger partial charge in [-0.05, 0) is 24.8 Å². The highest BCUT2D eigenvalue weighted by Crippen LogP contribution is 2.27. The molecule has 1 fully saturated rings. The predicted molar refractivity (Wildman–Crippen MR) is 65.7 cm³/mol. The zero-order chi connectivity index (χ0) is 11.9. The van der Waals surface area contributed by atoms with Gasteiger partial charge in [0.05, 0.1) is 18.8 Å². The van der Waals surface area contributed by atoms with Crippen LogP contribution in [-0.4, -0.2) is 30.5 Å². The number of rotatable bonds is 7. The summed E-state index contributed by atoms with van der Waals surface area (Å²) in [6.07, 6.45) is 3.37. The van der Waals surface area contributed by atoms with Crippen LogP contribution in [-0.2, 0) is 16.1 Å². The lowest BCUT2D eigenvalue weighted by molar-refractivity contribution is -0.108. The maximum absolute atomic E-state index is 8.63. The fourth-order valence-corrected chi connectivity index (χ4v) is 1.89. The second-order valence-electron chi connectivity index (χ2n) is 4.46. The van der Waals surface area contributed by atoms with E-state index in [1.807, 2.05) is 18.2 Å². The first-order valence-corrected chi connectivity index (χ1v) is 6.26. The van der Waals surface area contributed by atoms with Crippen molar-refractivity contribution < 1.29 is 14.6 Å². The lowest BCUT2D eigenvalue weighted by Gasteiger charge is -2.34. The molecule has 0 radical (unpaired) electrons. The molecule has 1 aliphatic rings. The molecule has 0 bridgehead atoms. The van der Waals surface area contributed by atoms with Crippen molar-refractivity contribution in [3.63, 3.8) is 0 Å². The number of benzene rings is 1. The Morgan fingerprint density at radius 2 is 1.76 bits per heavy atom. The quantitative estimate of drug-likeness (QED) is 0.737. The van der Waals surface area contributed by atoms with Crippen molar-refractivity contribution in [2.75, 3.05) is 13.2 Å². The van der Waals surface area contributed by atoms with Crippen molar-refractivity contribution in [1.82, 2.24) is 0 Å². The molecule has 0 unspecified atom stereocenters. The first-order chi connectivity index (χ1) is 8.38. The molecule has 0 atom stereocenters. The molecule has 0 spiro atoms. The van der Waals surface area contributed by atoms with Crippen LogP contribution in [0.3, 0.4) is 0 Å².